The van der Waals surface area contributed by atoms with Crippen LogP contribution in [0.2, 0.25) is 10.0 Å². The van der Waals surface area contributed by atoms with E-state index in [0.29, 0.717) is 22.3 Å². The van der Waals surface area contributed by atoms with Crippen LogP contribution in [-0.2, 0) is 6.54 Å². The number of rotatable bonds is 5. The molecule has 20 heavy (non-hydrogen) atoms. The second-order valence-electron chi connectivity index (χ2n) is 4.07. The number of nitrogens with one attached hydrogen (secondary N) is 1. The molecule has 0 aliphatic heterocycles. The van der Waals surface area contributed by atoms with Crippen molar-refractivity contribution in [3.63, 3.8) is 0 Å². The Kier molecular flexibility index (Phi) is 5.11. The van der Waals surface area contributed by atoms with E-state index in [4.69, 9.17) is 33.2 Å². The Labute approximate surface area is 127 Å². The lowest BCUT2D eigenvalue weighted by Crippen LogP contribution is -1.99. The summed E-state index contributed by atoms with van der Waals surface area (Å²) < 4.78 is 5.18. The van der Waals surface area contributed by atoms with Crippen LogP contribution in [0.25, 0.3) is 0 Å². The van der Waals surface area contributed by atoms with Crippen LogP contribution in [0.1, 0.15) is 5.56 Å². The number of anilines is 1. The fourth-order valence-corrected chi connectivity index (χ4v) is 1.96. The van der Waals surface area contributed by atoms with Crippen molar-refractivity contribution in [2.45, 2.75) is 6.54 Å². The average molecular weight is 307 g/mol. The Morgan fingerprint density at radius 3 is 2.45 bits per heavy atom. The first-order valence-corrected chi connectivity index (χ1v) is 6.72. The van der Waals surface area contributed by atoms with Gasteiger partial charge in [0.25, 0.3) is 0 Å². The minimum atomic E-state index is 0.0516. The van der Waals surface area contributed by atoms with Gasteiger partial charge in [0.1, 0.15) is 11.8 Å². The highest BCUT2D eigenvalue weighted by Gasteiger charge is 2.00. The highest BCUT2D eigenvalue weighted by molar-refractivity contribution is 6.42. The quantitative estimate of drug-likeness (QED) is 0.884. The van der Waals surface area contributed by atoms with Crippen LogP contribution in [0.4, 0.5) is 5.69 Å². The third-order valence-corrected chi connectivity index (χ3v) is 3.38. The average Bonchev–Trinajstić information content (AvgIpc) is 2.47. The van der Waals surface area contributed by atoms with Gasteiger partial charge in [-0.25, -0.2) is 0 Å². The molecule has 0 saturated heterocycles. The Bertz CT molecular complexity index is 621. The van der Waals surface area contributed by atoms with E-state index in [2.05, 4.69) is 5.32 Å². The predicted octanol–water partition coefficient (Wildman–Crippen LogP) is 4.51. The summed E-state index contributed by atoms with van der Waals surface area (Å²) >= 11 is 11.8. The molecular formula is C15H12Cl2N2O. The van der Waals surface area contributed by atoms with Crippen molar-refractivity contribution in [1.29, 1.82) is 5.26 Å². The van der Waals surface area contributed by atoms with Crippen molar-refractivity contribution in [1.82, 2.24) is 0 Å². The van der Waals surface area contributed by atoms with E-state index in [9.17, 15) is 0 Å². The van der Waals surface area contributed by atoms with Crippen LogP contribution < -0.4 is 10.1 Å². The Morgan fingerprint density at radius 1 is 1.05 bits per heavy atom. The zero-order valence-corrected chi connectivity index (χ0v) is 12.1. The topological polar surface area (TPSA) is 45.0 Å². The third kappa shape index (κ3) is 4.06. The lowest BCUT2D eigenvalue weighted by molar-refractivity contribution is 0.368. The molecule has 0 atom stereocenters. The summed E-state index contributed by atoms with van der Waals surface area (Å²) in [5.41, 5.74) is 2.00. The molecule has 0 saturated carbocycles. The van der Waals surface area contributed by atoms with E-state index < -0.39 is 0 Å². The van der Waals surface area contributed by atoms with E-state index in [1.54, 1.807) is 6.07 Å². The third-order valence-electron chi connectivity index (χ3n) is 2.64. The fraction of sp³-hybridized carbons (Fsp3) is 0.133. The molecule has 0 aliphatic carbocycles. The van der Waals surface area contributed by atoms with Gasteiger partial charge in [0, 0.05) is 12.2 Å². The minimum absolute atomic E-state index is 0.0516. The molecule has 102 valence electrons. The monoisotopic (exact) mass is 306 g/mol. The molecule has 5 heteroatoms. The molecule has 0 spiro atoms. The van der Waals surface area contributed by atoms with Crippen LogP contribution >= 0.6 is 23.2 Å². The molecule has 2 aromatic rings. The first kappa shape index (κ1) is 14.5. The normalized spacial score (nSPS) is 9.85. The lowest BCUT2D eigenvalue weighted by Gasteiger charge is -2.08. The summed E-state index contributed by atoms with van der Waals surface area (Å²) in [6.07, 6.45) is 0. The maximum Gasteiger partial charge on any atom is 0.174 e. The predicted molar refractivity (Wildman–Crippen MR) is 81.3 cm³/mol. The number of halogens is 2. The van der Waals surface area contributed by atoms with Gasteiger partial charge in [0.15, 0.2) is 6.61 Å². The maximum atomic E-state index is 8.43. The molecule has 2 aromatic carbocycles. The summed E-state index contributed by atoms with van der Waals surface area (Å²) in [6, 6.07) is 14.9. The summed E-state index contributed by atoms with van der Waals surface area (Å²) in [6.45, 7) is 0.700. The maximum absolute atomic E-state index is 8.43. The number of nitriles is 1. The van der Waals surface area contributed by atoms with E-state index in [1.807, 2.05) is 42.5 Å². The molecular weight excluding hydrogens is 295 g/mol. The van der Waals surface area contributed by atoms with Crippen molar-refractivity contribution in [2.24, 2.45) is 0 Å². The van der Waals surface area contributed by atoms with Crippen molar-refractivity contribution in [2.75, 3.05) is 11.9 Å². The van der Waals surface area contributed by atoms with Crippen LogP contribution in [-0.4, -0.2) is 6.61 Å². The summed E-state index contributed by atoms with van der Waals surface area (Å²) in [5.74, 6) is 0.673. The highest BCUT2D eigenvalue weighted by Crippen LogP contribution is 2.23. The fourth-order valence-electron chi connectivity index (χ4n) is 1.64. The molecule has 0 amide bonds. The molecule has 0 heterocycles. The molecule has 3 nitrogen and oxygen atoms in total. The molecule has 2 rings (SSSR count). The van der Waals surface area contributed by atoms with Crippen molar-refractivity contribution < 1.29 is 4.74 Å². The van der Waals surface area contributed by atoms with E-state index in [-0.39, 0.29) is 6.61 Å². The SMILES string of the molecule is N#CCOc1ccc(NCc2ccc(Cl)c(Cl)c2)cc1. The summed E-state index contributed by atoms with van der Waals surface area (Å²) in [4.78, 5) is 0. The van der Waals surface area contributed by atoms with Gasteiger partial charge in [-0.2, -0.15) is 5.26 Å². The van der Waals surface area contributed by atoms with Gasteiger partial charge in [-0.1, -0.05) is 29.3 Å². The second kappa shape index (κ2) is 7.04. The van der Waals surface area contributed by atoms with E-state index in [0.717, 1.165) is 11.3 Å². The number of nitrogens with zero attached hydrogens (tertiary/aromatic N) is 1. The van der Waals surface area contributed by atoms with Crippen LogP contribution in [0.5, 0.6) is 5.75 Å². The summed E-state index contributed by atoms with van der Waals surface area (Å²) in [5, 5.41) is 12.8. The van der Waals surface area contributed by atoms with Crippen molar-refractivity contribution in [3.05, 3.63) is 58.1 Å². The zero-order valence-electron chi connectivity index (χ0n) is 10.6. The number of hydrogen-bond donors (Lipinski definition) is 1. The Balaban J connectivity index is 1.93. The zero-order chi connectivity index (χ0) is 14.4. The first-order valence-electron chi connectivity index (χ1n) is 5.96. The molecule has 0 radical (unpaired) electrons. The molecule has 0 unspecified atom stereocenters. The molecule has 0 aliphatic rings. The second-order valence-corrected chi connectivity index (χ2v) is 4.89. The molecule has 0 fully saturated rings. The minimum Gasteiger partial charge on any atom is -0.479 e. The van der Waals surface area contributed by atoms with Gasteiger partial charge < -0.3 is 10.1 Å². The van der Waals surface area contributed by atoms with Crippen molar-refractivity contribution in [3.8, 4) is 11.8 Å². The van der Waals surface area contributed by atoms with Gasteiger partial charge in [-0.05, 0) is 42.0 Å². The van der Waals surface area contributed by atoms with Gasteiger partial charge in [-0.15, -0.1) is 0 Å². The van der Waals surface area contributed by atoms with Crippen LogP contribution in [0.15, 0.2) is 42.5 Å². The number of benzene rings is 2. The number of ether oxygens (including phenoxy) is 1. The molecule has 0 bridgehead atoms. The summed E-state index contributed by atoms with van der Waals surface area (Å²) in [7, 11) is 0. The standard InChI is InChI=1S/C15H12Cl2N2O/c16-14-6-1-11(9-15(14)17)10-19-12-2-4-13(5-3-12)20-8-7-18/h1-6,9,19H,8,10H2. The smallest absolute Gasteiger partial charge is 0.174 e. The van der Waals surface area contributed by atoms with Gasteiger partial charge in [-0.3, -0.25) is 0 Å². The Hall–Kier alpha value is -1.89. The highest BCUT2D eigenvalue weighted by atomic mass is 35.5. The van der Waals surface area contributed by atoms with Crippen LogP contribution in [0.3, 0.4) is 0 Å². The van der Waals surface area contributed by atoms with Gasteiger partial charge >= 0.3 is 0 Å². The van der Waals surface area contributed by atoms with Crippen LogP contribution in [0, 0.1) is 11.3 Å². The molecule has 0 aromatic heterocycles. The van der Waals surface area contributed by atoms with Crippen molar-refractivity contribution >= 4 is 28.9 Å². The van der Waals surface area contributed by atoms with Gasteiger partial charge in [0.05, 0.1) is 10.0 Å². The number of hydrogen-bond acceptors (Lipinski definition) is 3. The van der Waals surface area contributed by atoms with E-state index in [1.165, 1.54) is 0 Å². The van der Waals surface area contributed by atoms with Gasteiger partial charge in [0.2, 0.25) is 0 Å². The first-order chi connectivity index (χ1) is 9.69. The largest absolute Gasteiger partial charge is 0.479 e. The Morgan fingerprint density at radius 2 is 1.80 bits per heavy atom. The lowest BCUT2D eigenvalue weighted by atomic mass is 10.2. The van der Waals surface area contributed by atoms with E-state index >= 15 is 0 Å². The molecule has 1 N–H and O–H groups in total.